The number of hydrogen-bond donors (Lipinski definition) is 1. The van der Waals surface area contributed by atoms with Gasteiger partial charge in [-0.3, -0.25) is 4.90 Å². The number of nitrogens with one attached hydrogen (secondary N) is 1. The highest BCUT2D eigenvalue weighted by atomic mass is 32.1. The summed E-state index contributed by atoms with van der Waals surface area (Å²) in [6.45, 7) is 5.84. The van der Waals surface area contributed by atoms with Gasteiger partial charge in [-0.2, -0.15) is 0 Å². The van der Waals surface area contributed by atoms with Crippen LogP contribution in [0, 0.1) is 11.3 Å². The van der Waals surface area contributed by atoms with Crippen LogP contribution in [0.3, 0.4) is 0 Å². The molecular weight excluding hydrogens is 278 g/mol. The third-order valence-electron chi connectivity index (χ3n) is 5.05. The molecule has 3 rings (SSSR count). The number of rotatable bonds is 7. The first-order valence-corrected chi connectivity index (χ1v) is 9.38. The lowest BCUT2D eigenvalue weighted by atomic mass is 9.69. The van der Waals surface area contributed by atoms with Crippen LogP contribution in [0.25, 0.3) is 0 Å². The average Bonchev–Trinajstić information content (AvgIpc) is 3.14. The normalized spacial score (nSPS) is 30.0. The molecule has 1 heterocycles. The zero-order chi connectivity index (χ0) is 14.7. The predicted molar refractivity (Wildman–Crippen MR) is 89.5 cm³/mol. The Morgan fingerprint density at radius 1 is 1.43 bits per heavy atom. The first kappa shape index (κ1) is 15.4. The van der Waals surface area contributed by atoms with Crippen LogP contribution in [0.4, 0.5) is 0 Å². The van der Waals surface area contributed by atoms with Crippen LogP contribution >= 0.6 is 11.3 Å². The fraction of sp³-hybridized carbons (Fsp3) is 0.824. The lowest BCUT2D eigenvalue weighted by molar-refractivity contribution is 0.0881. The highest BCUT2D eigenvalue weighted by Gasteiger charge is 2.37. The molecule has 0 bridgehead atoms. The predicted octanol–water partition coefficient (Wildman–Crippen LogP) is 3.52. The fourth-order valence-corrected chi connectivity index (χ4v) is 4.55. The Kier molecular flexibility index (Phi) is 4.97. The molecule has 4 heteroatoms. The molecule has 2 aliphatic rings. The molecule has 1 aromatic heterocycles. The first-order chi connectivity index (χ1) is 10.2. The Morgan fingerprint density at radius 2 is 2.29 bits per heavy atom. The van der Waals surface area contributed by atoms with Crippen molar-refractivity contribution in [3.63, 3.8) is 0 Å². The highest BCUT2D eigenvalue weighted by molar-refractivity contribution is 7.07. The van der Waals surface area contributed by atoms with E-state index in [4.69, 9.17) is 0 Å². The number of nitrogens with zero attached hydrogens (tertiary/aromatic N) is 2. The van der Waals surface area contributed by atoms with Gasteiger partial charge in [-0.15, -0.1) is 11.3 Å². The van der Waals surface area contributed by atoms with E-state index in [1.165, 1.54) is 57.3 Å². The van der Waals surface area contributed by atoms with E-state index >= 15 is 0 Å². The van der Waals surface area contributed by atoms with Gasteiger partial charge in [0.05, 0.1) is 11.2 Å². The van der Waals surface area contributed by atoms with Gasteiger partial charge in [0.2, 0.25) is 0 Å². The molecule has 0 amide bonds. The van der Waals surface area contributed by atoms with Crippen molar-refractivity contribution in [3.8, 4) is 0 Å². The highest BCUT2D eigenvalue weighted by Crippen LogP contribution is 2.40. The second-order valence-corrected chi connectivity index (χ2v) is 8.23. The van der Waals surface area contributed by atoms with Gasteiger partial charge in [-0.1, -0.05) is 19.8 Å². The summed E-state index contributed by atoms with van der Waals surface area (Å²) in [5, 5.41) is 5.99. The second kappa shape index (κ2) is 6.76. The molecule has 2 saturated carbocycles. The third-order valence-corrected chi connectivity index (χ3v) is 5.68. The summed E-state index contributed by atoms with van der Waals surface area (Å²) in [4.78, 5) is 6.92. The van der Waals surface area contributed by atoms with Crippen molar-refractivity contribution in [2.24, 2.45) is 11.3 Å². The maximum absolute atomic E-state index is 4.43. The van der Waals surface area contributed by atoms with Gasteiger partial charge in [-0.05, 0) is 44.1 Å². The Bertz CT molecular complexity index is 429. The van der Waals surface area contributed by atoms with E-state index < -0.39 is 0 Å². The van der Waals surface area contributed by atoms with Crippen LogP contribution in [0.15, 0.2) is 10.9 Å². The molecule has 2 aliphatic carbocycles. The standard InChI is InChI=1S/C17H29N3S/c1-14-4-3-7-17(8-14,11-18-15-5-6-15)12-20(2)9-16-10-21-13-19-16/h10,13-15,18H,3-9,11-12H2,1-2H3. The summed E-state index contributed by atoms with van der Waals surface area (Å²) < 4.78 is 0. The van der Waals surface area contributed by atoms with Crippen molar-refractivity contribution >= 4 is 11.3 Å². The largest absolute Gasteiger partial charge is 0.313 e. The molecular formula is C17H29N3S. The van der Waals surface area contributed by atoms with Crippen molar-refractivity contribution in [1.29, 1.82) is 0 Å². The Labute approximate surface area is 133 Å². The monoisotopic (exact) mass is 307 g/mol. The van der Waals surface area contributed by atoms with Gasteiger partial charge in [0.1, 0.15) is 0 Å². The van der Waals surface area contributed by atoms with Gasteiger partial charge < -0.3 is 5.32 Å². The molecule has 2 fully saturated rings. The molecule has 0 aliphatic heterocycles. The van der Waals surface area contributed by atoms with E-state index in [1.807, 2.05) is 5.51 Å². The molecule has 2 atom stereocenters. The fourth-order valence-electron chi connectivity index (χ4n) is 4.00. The summed E-state index contributed by atoms with van der Waals surface area (Å²) in [7, 11) is 2.26. The topological polar surface area (TPSA) is 28.2 Å². The molecule has 2 unspecified atom stereocenters. The maximum Gasteiger partial charge on any atom is 0.0795 e. The summed E-state index contributed by atoms with van der Waals surface area (Å²) >= 11 is 1.70. The molecule has 1 aromatic rings. The molecule has 1 N–H and O–H groups in total. The zero-order valence-electron chi connectivity index (χ0n) is 13.5. The summed E-state index contributed by atoms with van der Waals surface area (Å²) in [6, 6.07) is 0.822. The van der Waals surface area contributed by atoms with Crippen LogP contribution < -0.4 is 5.32 Å². The van der Waals surface area contributed by atoms with Crippen molar-refractivity contribution in [3.05, 3.63) is 16.6 Å². The van der Waals surface area contributed by atoms with E-state index in [2.05, 4.69) is 34.6 Å². The number of aromatic nitrogens is 1. The van der Waals surface area contributed by atoms with Crippen LogP contribution in [-0.4, -0.2) is 36.1 Å². The Balaban J connectivity index is 1.59. The van der Waals surface area contributed by atoms with Gasteiger partial charge >= 0.3 is 0 Å². The van der Waals surface area contributed by atoms with Crippen molar-refractivity contribution < 1.29 is 0 Å². The van der Waals surface area contributed by atoms with Crippen LogP contribution in [0.5, 0.6) is 0 Å². The van der Waals surface area contributed by atoms with E-state index in [-0.39, 0.29) is 0 Å². The molecule has 0 aromatic carbocycles. The van der Waals surface area contributed by atoms with Crippen LogP contribution in [-0.2, 0) is 6.54 Å². The smallest absolute Gasteiger partial charge is 0.0795 e. The number of thiazole rings is 1. The molecule has 118 valence electrons. The SMILES string of the molecule is CC1CCCC(CNC2CC2)(CN(C)Cc2cscn2)C1. The minimum atomic E-state index is 0.477. The third kappa shape index (κ3) is 4.51. The quantitative estimate of drug-likeness (QED) is 0.835. The van der Waals surface area contributed by atoms with E-state index in [9.17, 15) is 0 Å². The number of hydrogen-bond acceptors (Lipinski definition) is 4. The maximum atomic E-state index is 4.43. The van der Waals surface area contributed by atoms with Crippen molar-refractivity contribution in [1.82, 2.24) is 15.2 Å². The van der Waals surface area contributed by atoms with Crippen molar-refractivity contribution in [2.45, 2.75) is 58.0 Å². The Morgan fingerprint density at radius 3 is 2.95 bits per heavy atom. The second-order valence-electron chi connectivity index (χ2n) is 7.51. The van der Waals surface area contributed by atoms with E-state index in [0.29, 0.717) is 5.41 Å². The first-order valence-electron chi connectivity index (χ1n) is 8.44. The summed E-state index contributed by atoms with van der Waals surface area (Å²) in [5.74, 6) is 0.882. The van der Waals surface area contributed by atoms with Crippen LogP contribution in [0.1, 0.15) is 51.1 Å². The van der Waals surface area contributed by atoms with Gasteiger partial charge in [-0.25, -0.2) is 4.98 Å². The summed E-state index contributed by atoms with van der Waals surface area (Å²) in [5.41, 5.74) is 3.64. The molecule has 0 spiro atoms. The van der Waals surface area contributed by atoms with Crippen LogP contribution in [0.2, 0.25) is 0 Å². The lowest BCUT2D eigenvalue weighted by Gasteiger charge is -2.43. The van der Waals surface area contributed by atoms with Crippen molar-refractivity contribution in [2.75, 3.05) is 20.1 Å². The minimum Gasteiger partial charge on any atom is -0.313 e. The lowest BCUT2D eigenvalue weighted by Crippen LogP contribution is -2.46. The van der Waals surface area contributed by atoms with E-state index in [1.54, 1.807) is 11.3 Å². The van der Waals surface area contributed by atoms with Gasteiger partial charge in [0, 0.05) is 31.1 Å². The minimum absolute atomic E-state index is 0.477. The molecule has 3 nitrogen and oxygen atoms in total. The van der Waals surface area contributed by atoms with Gasteiger partial charge in [0.25, 0.3) is 0 Å². The van der Waals surface area contributed by atoms with E-state index in [0.717, 1.165) is 18.5 Å². The average molecular weight is 308 g/mol. The molecule has 21 heavy (non-hydrogen) atoms. The molecule has 0 saturated heterocycles. The Hall–Kier alpha value is -0.450. The van der Waals surface area contributed by atoms with Gasteiger partial charge in [0.15, 0.2) is 0 Å². The summed E-state index contributed by atoms with van der Waals surface area (Å²) in [6.07, 6.45) is 8.37. The molecule has 0 radical (unpaired) electrons. The zero-order valence-corrected chi connectivity index (χ0v) is 14.3.